The highest BCUT2D eigenvalue weighted by Gasteiger charge is 2.68. The maximum atomic E-state index is 13.8. The van der Waals surface area contributed by atoms with Crippen LogP contribution in [0.15, 0.2) is 35.1 Å². The van der Waals surface area contributed by atoms with Gasteiger partial charge in [0.05, 0.1) is 25.0 Å². The summed E-state index contributed by atoms with van der Waals surface area (Å²) in [7, 11) is 2.41. The van der Waals surface area contributed by atoms with Crippen molar-refractivity contribution in [2.24, 2.45) is 17.6 Å². The minimum Gasteiger partial charge on any atom is -0.508 e. The molecule has 6 atom stereocenters. The molecule has 3 aliphatic rings. The number of phenolic OH excluding ortho intramolecular Hbond substituents is 1. The average Bonchev–Trinajstić information content (AvgIpc) is 2.78. The van der Waals surface area contributed by atoms with E-state index in [1.165, 1.54) is 26.2 Å². The molecule has 7 N–H and O–H groups in total. The number of phenols is 1. The summed E-state index contributed by atoms with van der Waals surface area (Å²) >= 11 is 0. The number of aliphatic hydroxyl groups is 4. The number of fused-ring (bicyclic) bond motifs is 3. The van der Waals surface area contributed by atoms with Gasteiger partial charge in [-0.05, 0) is 31.6 Å². The number of aliphatic hydroxyl groups excluding tert-OH is 3. The van der Waals surface area contributed by atoms with Gasteiger partial charge in [0.1, 0.15) is 22.8 Å². The topological polar surface area (TPSA) is 182 Å². The van der Waals surface area contributed by atoms with E-state index in [2.05, 4.69) is 0 Å². The van der Waals surface area contributed by atoms with Gasteiger partial charge in [-0.2, -0.15) is 0 Å². The zero-order valence-electron chi connectivity index (χ0n) is 20.2. The third kappa shape index (κ3) is 2.48. The van der Waals surface area contributed by atoms with E-state index in [9.17, 15) is 39.9 Å². The smallest absolute Gasteiger partial charge is 0.255 e. The van der Waals surface area contributed by atoms with E-state index in [4.69, 9.17) is 9.85 Å². The third-order valence-corrected chi connectivity index (χ3v) is 6.37. The highest BCUT2D eigenvalue weighted by molar-refractivity contribution is 6.24. The lowest BCUT2D eigenvalue weighted by atomic mass is 9.54. The summed E-state index contributed by atoms with van der Waals surface area (Å²) in [4.78, 5) is 40.0. The molecule has 0 aliphatic heterocycles. The van der Waals surface area contributed by atoms with Crippen LogP contribution in [0.4, 0.5) is 0 Å². The van der Waals surface area contributed by atoms with Gasteiger partial charge in [0.15, 0.2) is 11.4 Å². The highest BCUT2D eigenvalue weighted by Crippen LogP contribution is 2.55. The van der Waals surface area contributed by atoms with Crippen molar-refractivity contribution in [3.63, 3.8) is 0 Å². The molecule has 0 bridgehead atoms. The lowest BCUT2D eigenvalue weighted by Gasteiger charge is -2.53. The van der Waals surface area contributed by atoms with Crippen LogP contribution in [-0.4, -0.2) is 79.7 Å². The number of carbonyl (C=O) groups excluding carboxylic acids is 3. The molecule has 10 nitrogen and oxygen atoms in total. The van der Waals surface area contributed by atoms with Gasteiger partial charge in [-0.3, -0.25) is 19.3 Å². The van der Waals surface area contributed by atoms with Crippen molar-refractivity contribution in [2.75, 3.05) is 14.1 Å². The number of hydrogen-bond donors (Lipinski definition) is 6. The molecule has 10 heteroatoms. The van der Waals surface area contributed by atoms with Gasteiger partial charge in [-0.25, -0.2) is 0 Å². The first kappa shape index (κ1) is 18.4. The van der Waals surface area contributed by atoms with E-state index in [1.54, 1.807) is 0 Å². The highest BCUT2D eigenvalue weighted by atomic mass is 16.4. The summed E-state index contributed by atoms with van der Waals surface area (Å²) in [6.45, 7) is -0.796. The van der Waals surface area contributed by atoms with Crippen LogP contribution >= 0.6 is 0 Å². The van der Waals surface area contributed by atoms with Crippen LogP contribution < -0.4 is 5.73 Å². The fourth-order valence-electron chi connectivity index (χ4n) is 4.98. The van der Waals surface area contributed by atoms with Crippen molar-refractivity contribution in [1.82, 2.24) is 4.90 Å². The summed E-state index contributed by atoms with van der Waals surface area (Å²) in [5.74, 6) is -13.5. The molecule has 0 radical (unpaired) electrons. The normalized spacial score (nSPS) is 40.3. The molecular weight excluding hydrogens is 420 g/mol. The Bertz CT molecular complexity index is 1260. The Balaban J connectivity index is 2.16. The molecule has 1 amide bonds. The lowest BCUT2D eigenvalue weighted by Crippen LogP contribution is -2.70. The van der Waals surface area contributed by atoms with Crippen molar-refractivity contribution in [2.45, 2.75) is 30.5 Å². The van der Waals surface area contributed by atoms with Crippen LogP contribution in [0.3, 0.4) is 0 Å². The number of carbonyl (C=O) groups is 3. The monoisotopic (exact) mass is 447 g/mol. The van der Waals surface area contributed by atoms with E-state index < -0.39 is 88.2 Å². The lowest BCUT2D eigenvalue weighted by molar-refractivity contribution is -0.169. The summed E-state index contributed by atoms with van der Waals surface area (Å²) in [6, 6.07) is 1.08. The maximum absolute atomic E-state index is 13.8. The summed E-state index contributed by atoms with van der Waals surface area (Å²) in [6.07, 6.45) is -2.14. The molecule has 1 aromatic rings. The number of nitrogens with two attached hydrogens (primary N) is 1. The number of aromatic hydroxyl groups is 1. The van der Waals surface area contributed by atoms with Crippen molar-refractivity contribution in [3.05, 3.63) is 46.2 Å². The Morgan fingerprint density at radius 2 is 1.91 bits per heavy atom. The Morgan fingerprint density at radius 1 is 1.25 bits per heavy atom. The number of Topliss-reactive ketones (excluding diaryl/α,β-unsaturated/α-hetero) is 2. The predicted molar refractivity (Wildman–Crippen MR) is 110 cm³/mol. The largest absolute Gasteiger partial charge is 0.508 e. The van der Waals surface area contributed by atoms with E-state index in [1.807, 2.05) is 0 Å². The Labute approximate surface area is 187 Å². The Morgan fingerprint density at radius 3 is 2.47 bits per heavy atom. The van der Waals surface area contributed by atoms with Gasteiger partial charge >= 0.3 is 0 Å². The van der Waals surface area contributed by atoms with E-state index in [0.717, 1.165) is 11.0 Å². The van der Waals surface area contributed by atoms with Gasteiger partial charge in [-0.1, -0.05) is 19.0 Å². The Kier molecular flexibility index (Phi) is 3.96. The SMILES string of the molecule is [2H]C[C@@]1([2H])c2cccc(O)c2C(O)=C2C(=O)[C@]3(O)C(O)=C(C(N)=O)C(=O)[C@@]([2H])(N(C)C)[C@@H]3[C@@H](O)[C@@H]21. The van der Waals surface area contributed by atoms with E-state index >= 15 is 0 Å². The molecule has 0 unspecified atom stereocenters. The number of hydrogen-bond acceptors (Lipinski definition) is 9. The summed E-state index contributed by atoms with van der Waals surface area (Å²) < 4.78 is 26.0. The van der Waals surface area contributed by atoms with E-state index in [-0.39, 0.29) is 11.1 Å². The minimum absolute atomic E-state index is 0.101. The second-order valence-corrected chi connectivity index (χ2v) is 8.23. The van der Waals surface area contributed by atoms with Crippen molar-refractivity contribution in [1.29, 1.82) is 0 Å². The van der Waals surface area contributed by atoms with Gasteiger partial charge in [-0.15, -0.1) is 0 Å². The minimum atomic E-state index is -3.28. The fourth-order valence-corrected chi connectivity index (χ4v) is 4.98. The number of primary amides is 1. The molecule has 4 rings (SSSR count). The molecule has 1 aromatic carbocycles. The maximum Gasteiger partial charge on any atom is 0.255 e. The second-order valence-electron chi connectivity index (χ2n) is 8.23. The molecule has 0 aromatic heterocycles. The zero-order valence-corrected chi connectivity index (χ0v) is 17.2. The van der Waals surface area contributed by atoms with Crippen molar-refractivity contribution in [3.8, 4) is 5.75 Å². The first-order valence-corrected chi connectivity index (χ1v) is 9.59. The van der Waals surface area contributed by atoms with Crippen LogP contribution in [0, 0.1) is 11.8 Å². The van der Waals surface area contributed by atoms with Gasteiger partial charge < -0.3 is 31.3 Å². The molecule has 0 heterocycles. The van der Waals surface area contributed by atoms with E-state index in [0.29, 0.717) is 0 Å². The number of benzene rings is 1. The van der Waals surface area contributed by atoms with Crippen molar-refractivity contribution >= 4 is 23.2 Å². The molecule has 0 spiro atoms. The van der Waals surface area contributed by atoms with Gasteiger partial charge in [0.25, 0.3) is 5.91 Å². The number of ketones is 2. The third-order valence-electron chi connectivity index (χ3n) is 6.37. The predicted octanol–water partition coefficient (Wildman–Crippen LogP) is -0.504. The van der Waals surface area contributed by atoms with Crippen LogP contribution in [0.5, 0.6) is 5.75 Å². The zero-order chi connectivity index (χ0) is 26.4. The first-order valence-electron chi connectivity index (χ1n) is 11.3. The first-order chi connectivity index (χ1) is 16.1. The fraction of sp³-hybridized carbons (Fsp3) is 0.409. The second kappa shape index (κ2) is 6.89. The van der Waals surface area contributed by atoms with Crippen LogP contribution in [0.25, 0.3) is 5.76 Å². The number of amides is 1. The molecule has 1 saturated carbocycles. The number of rotatable bonds is 2. The quantitative estimate of drug-likeness (QED) is 0.325. The number of likely N-dealkylation sites (N-methyl/N-ethyl adjacent to an activating group) is 1. The molecule has 32 heavy (non-hydrogen) atoms. The van der Waals surface area contributed by atoms with Gasteiger partial charge in [0.2, 0.25) is 5.78 Å². The van der Waals surface area contributed by atoms with Crippen LogP contribution in [0.1, 0.15) is 28.0 Å². The average molecular weight is 447 g/mol. The molecule has 1 fully saturated rings. The molecular formula is C22H24N2O8. The van der Waals surface area contributed by atoms with Crippen molar-refractivity contribution < 1.29 is 44.0 Å². The number of nitrogens with zero attached hydrogens (tertiary/aromatic N) is 1. The standard InChI is InChI=1S/C22H24N2O8/c1-7-8-5-4-6-9(25)11(8)16(26)12-10(7)17(27)14-15(24(2)3)18(28)13(21(23)31)20(30)22(14,32)19(12)29/h4-7,10,14-15,17,25-27,30,32H,1-3H3,(H2,23,31)/t7-,10+,14+,15-,17-,22-/m0/s1/i1D,7D,15D. The van der Waals surface area contributed by atoms with Crippen LogP contribution in [0.2, 0.25) is 0 Å². The molecule has 0 saturated heterocycles. The Hall–Kier alpha value is -3.21. The summed E-state index contributed by atoms with van der Waals surface area (Å²) in [5.41, 5.74) is -0.549. The van der Waals surface area contributed by atoms with Crippen LogP contribution in [-0.2, 0) is 14.4 Å². The summed E-state index contributed by atoms with van der Waals surface area (Å²) in [5, 5.41) is 55.4. The van der Waals surface area contributed by atoms with Gasteiger partial charge in [0, 0.05) is 14.2 Å². The molecule has 3 aliphatic carbocycles. The molecule has 170 valence electrons.